The summed E-state index contributed by atoms with van der Waals surface area (Å²) in [6.07, 6.45) is 0.911. The van der Waals surface area contributed by atoms with E-state index in [-0.39, 0.29) is 23.4 Å². The molecule has 2 aromatic rings. The van der Waals surface area contributed by atoms with Gasteiger partial charge < -0.3 is 14.9 Å². The van der Waals surface area contributed by atoms with E-state index in [1.807, 2.05) is 30.3 Å². The van der Waals surface area contributed by atoms with Gasteiger partial charge in [-0.3, -0.25) is 4.79 Å². The molecule has 1 aliphatic heterocycles. The fourth-order valence-electron chi connectivity index (χ4n) is 3.35. The second-order valence-electron chi connectivity index (χ2n) is 7.98. The third-order valence-electron chi connectivity index (χ3n) is 5.24. The monoisotopic (exact) mass is 442 g/mol. The van der Waals surface area contributed by atoms with Gasteiger partial charge in [-0.2, -0.15) is 5.90 Å². The maximum Gasteiger partial charge on any atom is 0.270 e. The molecule has 164 valence electrons. The van der Waals surface area contributed by atoms with E-state index in [2.05, 4.69) is 21.7 Å². The lowest BCUT2D eigenvalue weighted by Crippen LogP contribution is -2.44. The van der Waals surface area contributed by atoms with Crippen LogP contribution in [0.15, 0.2) is 53.7 Å². The van der Waals surface area contributed by atoms with Gasteiger partial charge in [-0.25, -0.2) is 9.98 Å². The summed E-state index contributed by atoms with van der Waals surface area (Å²) < 4.78 is 5.56. The third kappa shape index (κ3) is 5.50. The molecular formula is C23H27ClN4O3. The molecule has 0 bridgehead atoms. The third-order valence-corrected chi connectivity index (χ3v) is 5.47. The molecule has 1 unspecified atom stereocenters. The van der Waals surface area contributed by atoms with Crippen LogP contribution in [0.5, 0.6) is 0 Å². The summed E-state index contributed by atoms with van der Waals surface area (Å²) in [4.78, 5) is 26.5. The number of nitrogens with two attached hydrogens (primary N) is 1. The highest BCUT2D eigenvalue weighted by Gasteiger charge is 2.27. The van der Waals surface area contributed by atoms with Crippen molar-refractivity contribution in [2.45, 2.75) is 38.6 Å². The minimum Gasteiger partial charge on any atom is -0.396 e. The average Bonchev–Trinajstić information content (AvgIpc) is 3.27. The van der Waals surface area contributed by atoms with Gasteiger partial charge in [0, 0.05) is 30.0 Å². The molecule has 2 heterocycles. The van der Waals surface area contributed by atoms with Crippen LogP contribution in [-0.4, -0.2) is 35.5 Å². The van der Waals surface area contributed by atoms with E-state index in [0.717, 1.165) is 23.2 Å². The van der Waals surface area contributed by atoms with Crippen LogP contribution < -0.4 is 11.2 Å². The number of aromatic nitrogens is 1. The van der Waals surface area contributed by atoms with Crippen LogP contribution in [0.2, 0.25) is 5.02 Å². The highest BCUT2D eigenvalue weighted by atomic mass is 35.5. The fraction of sp³-hybridized carbons (Fsp3) is 0.348. The van der Waals surface area contributed by atoms with Crippen molar-refractivity contribution in [3.05, 3.63) is 65.0 Å². The molecule has 31 heavy (non-hydrogen) atoms. The quantitative estimate of drug-likeness (QED) is 0.396. The van der Waals surface area contributed by atoms with Gasteiger partial charge in [-0.1, -0.05) is 36.4 Å². The van der Waals surface area contributed by atoms with E-state index in [1.165, 1.54) is 0 Å². The molecule has 1 aliphatic rings. The molecule has 8 heteroatoms. The van der Waals surface area contributed by atoms with Crippen LogP contribution in [0.4, 0.5) is 0 Å². The lowest BCUT2D eigenvalue weighted by atomic mass is 9.93. The van der Waals surface area contributed by atoms with Crippen molar-refractivity contribution in [1.82, 2.24) is 10.3 Å². The molecule has 1 amide bonds. The zero-order valence-corrected chi connectivity index (χ0v) is 18.7. The number of amides is 1. The summed E-state index contributed by atoms with van der Waals surface area (Å²) in [5, 5.41) is 3.53. The molecule has 0 saturated carbocycles. The lowest BCUT2D eigenvalue weighted by Gasteiger charge is -2.26. The van der Waals surface area contributed by atoms with E-state index in [9.17, 15) is 4.79 Å². The van der Waals surface area contributed by atoms with Crippen LogP contribution in [0.1, 0.15) is 49.2 Å². The summed E-state index contributed by atoms with van der Waals surface area (Å²) in [5.41, 5.74) is 2.47. The van der Waals surface area contributed by atoms with Crippen LogP contribution in [0, 0.1) is 0 Å². The van der Waals surface area contributed by atoms with E-state index in [0.29, 0.717) is 23.9 Å². The first-order valence-corrected chi connectivity index (χ1v) is 10.4. The van der Waals surface area contributed by atoms with Crippen molar-refractivity contribution < 1.29 is 14.4 Å². The van der Waals surface area contributed by atoms with Crippen molar-refractivity contribution in [3.8, 4) is 11.3 Å². The standard InChI is InChI=1S/C23H27ClN4O3/c1-14(26-15(2)31-25)23(3,4)28-22(29)20-9-8-19(17-10-11-30-13-17)21(27-20)16-6-5-7-18(24)12-16/h5-9,12,17H,1,10-11,13,25H2,2-4H3,(H,28,29). The fourth-order valence-corrected chi connectivity index (χ4v) is 3.54. The normalized spacial score (nSPS) is 16.8. The van der Waals surface area contributed by atoms with E-state index >= 15 is 0 Å². The number of hydrogen-bond acceptors (Lipinski definition) is 6. The maximum atomic E-state index is 13.0. The smallest absolute Gasteiger partial charge is 0.270 e. The summed E-state index contributed by atoms with van der Waals surface area (Å²) in [7, 11) is 0. The number of aliphatic imine (C=N–C) groups is 1. The Morgan fingerprint density at radius 2 is 2.16 bits per heavy atom. The molecule has 7 nitrogen and oxygen atoms in total. The largest absolute Gasteiger partial charge is 0.396 e. The second-order valence-corrected chi connectivity index (χ2v) is 8.42. The molecule has 1 aromatic carbocycles. The number of ether oxygens (including phenoxy) is 1. The van der Waals surface area contributed by atoms with Crippen molar-refractivity contribution in [2.75, 3.05) is 13.2 Å². The van der Waals surface area contributed by atoms with Gasteiger partial charge in [-0.05, 0) is 44.0 Å². The number of carbonyl (C=O) groups is 1. The molecular weight excluding hydrogens is 416 g/mol. The topological polar surface area (TPSA) is 98.8 Å². The maximum absolute atomic E-state index is 13.0. The molecule has 0 aliphatic carbocycles. The zero-order valence-electron chi connectivity index (χ0n) is 17.9. The Morgan fingerprint density at radius 3 is 2.81 bits per heavy atom. The predicted molar refractivity (Wildman–Crippen MR) is 122 cm³/mol. The first kappa shape index (κ1) is 22.9. The van der Waals surface area contributed by atoms with Crippen molar-refractivity contribution in [1.29, 1.82) is 0 Å². The Labute approximate surface area is 187 Å². The zero-order chi connectivity index (χ0) is 22.6. The van der Waals surface area contributed by atoms with Crippen molar-refractivity contribution >= 4 is 23.4 Å². The molecule has 0 spiro atoms. The lowest BCUT2D eigenvalue weighted by molar-refractivity contribution is 0.0918. The van der Waals surface area contributed by atoms with Crippen LogP contribution in [-0.2, 0) is 9.57 Å². The number of rotatable bonds is 6. The molecule has 1 saturated heterocycles. The van der Waals surface area contributed by atoms with E-state index in [4.69, 9.17) is 27.2 Å². The van der Waals surface area contributed by atoms with Gasteiger partial charge in [0.15, 0.2) is 0 Å². The Hall–Kier alpha value is -2.74. The van der Waals surface area contributed by atoms with Gasteiger partial charge >= 0.3 is 0 Å². The summed E-state index contributed by atoms with van der Waals surface area (Å²) in [6, 6.07) is 11.1. The Kier molecular flexibility index (Phi) is 7.10. The van der Waals surface area contributed by atoms with Crippen LogP contribution in [0.25, 0.3) is 11.3 Å². The highest BCUT2D eigenvalue weighted by Crippen LogP contribution is 2.34. The number of pyridine rings is 1. The van der Waals surface area contributed by atoms with Gasteiger partial charge in [0.25, 0.3) is 5.91 Å². The molecule has 3 N–H and O–H groups in total. The first-order chi connectivity index (χ1) is 14.7. The average molecular weight is 443 g/mol. The Bertz CT molecular complexity index is 1010. The van der Waals surface area contributed by atoms with Crippen LogP contribution >= 0.6 is 11.6 Å². The first-order valence-electron chi connectivity index (χ1n) is 10.00. The van der Waals surface area contributed by atoms with Gasteiger partial charge in [0.2, 0.25) is 5.90 Å². The summed E-state index contributed by atoms with van der Waals surface area (Å²) >= 11 is 6.21. The Morgan fingerprint density at radius 1 is 1.39 bits per heavy atom. The van der Waals surface area contributed by atoms with Crippen molar-refractivity contribution in [3.63, 3.8) is 0 Å². The van der Waals surface area contributed by atoms with Crippen LogP contribution in [0.3, 0.4) is 0 Å². The SMILES string of the molecule is C=C(N=C(C)ON)C(C)(C)NC(=O)c1ccc(C2CCOC2)c(-c2cccc(Cl)c2)n1. The number of halogens is 1. The summed E-state index contributed by atoms with van der Waals surface area (Å²) in [5.74, 6) is 5.25. The van der Waals surface area contributed by atoms with E-state index < -0.39 is 5.54 Å². The number of carbonyl (C=O) groups excluding carboxylic acids is 1. The number of nitrogens with zero attached hydrogens (tertiary/aromatic N) is 2. The minimum absolute atomic E-state index is 0.225. The van der Waals surface area contributed by atoms with E-state index in [1.54, 1.807) is 26.8 Å². The minimum atomic E-state index is -0.841. The number of benzene rings is 1. The molecule has 3 rings (SSSR count). The number of nitrogens with one attached hydrogen (secondary N) is 1. The van der Waals surface area contributed by atoms with Gasteiger partial charge in [0.05, 0.1) is 23.5 Å². The molecule has 1 fully saturated rings. The van der Waals surface area contributed by atoms with Crippen molar-refractivity contribution in [2.24, 2.45) is 10.9 Å². The molecule has 1 aromatic heterocycles. The van der Waals surface area contributed by atoms with Gasteiger partial charge in [0.1, 0.15) is 5.69 Å². The summed E-state index contributed by atoms with van der Waals surface area (Å²) in [6.45, 7) is 10.5. The molecule has 1 atom stereocenters. The Balaban J connectivity index is 1.93. The number of hydrogen-bond donors (Lipinski definition) is 2. The van der Waals surface area contributed by atoms with Gasteiger partial charge in [-0.15, -0.1) is 0 Å². The second kappa shape index (κ2) is 9.60. The predicted octanol–water partition coefficient (Wildman–Crippen LogP) is 4.24. The molecule has 0 radical (unpaired) electrons. The highest BCUT2D eigenvalue weighted by molar-refractivity contribution is 6.30.